The molecule has 0 aliphatic carbocycles. The quantitative estimate of drug-likeness (QED) is 0.789. The summed E-state index contributed by atoms with van der Waals surface area (Å²) in [5.41, 5.74) is 1.63. The molecule has 2 N–H and O–H groups in total. The van der Waals surface area contributed by atoms with Gasteiger partial charge in [0.25, 0.3) is 0 Å². The number of anilines is 1. The number of aryl methyl sites for hydroxylation is 1. The zero-order valence-corrected chi connectivity index (χ0v) is 13.8. The van der Waals surface area contributed by atoms with Gasteiger partial charge in [0.1, 0.15) is 18.1 Å². The molecule has 0 atom stereocenters. The number of hydrogen-bond donors (Lipinski definition) is 2. The smallest absolute Gasteiger partial charge is 0.319 e. The third kappa shape index (κ3) is 5.38. The van der Waals surface area contributed by atoms with Crippen LogP contribution in [-0.2, 0) is 0 Å². The average Bonchev–Trinajstić information content (AvgIpc) is 2.55. The monoisotopic (exact) mass is 334 g/mol. The van der Waals surface area contributed by atoms with Crippen LogP contribution in [0.2, 0.25) is 5.02 Å². The van der Waals surface area contributed by atoms with E-state index in [0.717, 1.165) is 17.1 Å². The van der Waals surface area contributed by atoms with E-state index in [-0.39, 0.29) is 6.03 Å². The molecule has 2 amide bonds. The molecule has 0 saturated carbocycles. The molecule has 0 fully saturated rings. The van der Waals surface area contributed by atoms with Crippen LogP contribution in [0.5, 0.6) is 11.5 Å². The second-order valence-electron chi connectivity index (χ2n) is 4.86. The Hall–Kier alpha value is -2.40. The lowest BCUT2D eigenvalue weighted by atomic mass is 10.2. The van der Waals surface area contributed by atoms with Gasteiger partial charge in [-0.2, -0.15) is 0 Å². The molecule has 2 aromatic carbocycles. The zero-order valence-electron chi connectivity index (χ0n) is 13.1. The molecule has 23 heavy (non-hydrogen) atoms. The van der Waals surface area contributed by atoms with Crippen LogP contribution in [-0.4, -0.2) is 26.3 Å². The summed E-state index contributed by atoms with van der Waals surface area (Å²) in [6.45, 7) is 2.66. The van der Waals surface area contributed by atoms with Crippen LogP contribution in [0.1, 0.15) is 5.56 Å². The summed E-state index contributed by atoms with van der Waals surface area (Å²) in [6.07, 6.45) is 0. The van der Waals surface area contributed by atoms with Gasteiger partial charge in [0, 0.05) is 10.7 Å². The third-order valence-electron chi connectivity index (χ3n) is 3.16. The number of methoxy groups -OCH3 is 1. The molecular formula is C17H19ClN2O3. The van der Waals surface area contributed by atoms with E-state index in [1.165, 1.54) is 0 Å². The number of urea groups is 1. The average molecular weight is 335 g/mol. The minimum Gasteiger partial charge on any atom is -0.497 e. The number of carbonyl (C=O) groups is 1. The Morgan fingerprint density at radius 2 is 1.83 bits per heavy atom. The molecule has 5 nitrogen and oxygen atoms in total. The molecule has 0 aromatic heterocycles. The molecule has 0 aliphatic heterocycles. The number of amides is 2. The number of carbonyl (C=O) groups excluding carboxylic acids is 1. The van der Waals surface area contributed by atoms with E-state index in [1.54, 1.807) is 19.2 Å². The first-order valence-corrected chi connectivity index (χ1v) is 7.54. The Morgan fingerprint density at radius 3 is 2.52 bits per heavy atom. The van der Waals surface area contributed by atoms with Crippen molar-refractivity contribution in [2.75, 3.05) is 25.6 Å². The van der Waals surface area contributed by atoms with E-state index < -0.39 is 0 Å². The van der Waals surface area contributed by atoms with E-state index in [9.17, 15) is 4.79 Å². The van der Waals surface area contributed by atoms with Gasteiger partial charge in [-0.3, -0.25) is 0 Å². The maximum absolute atomic E-state index is 11.8. The van der Waals surface area contributed by atoms with Gasteiger partial charge in [-0.25, -0.2) is 4.79 Å². The second kappa shape index (κ2) is 8.29. The Morgan fingerprint density at radius 1 is 1.13 bits per heavy atom. The zero-order chi connectivity index (χ0) is 16.7. The predicted molar refractivity (Wildman–Crippen MR) is 91.7 cm³/mol. The molecule has 0 aliphatic rings. The molecule has 122 valence electrons. The van der Waals surface area contributed by atoms with E-state index >= 15 is 0 Å². The van der Waals surface area contributed by atoms with Gasteiger partial charge < -0.3 is 20.1 Å². The highest BCUT2D eigenvalue weighted by molar-refractivity contribution is 6.31. The van der Waals surface area contributed by atoms with E-state index in [0.29, 0.717) is 23.9 Å². The van der Waals surface area contributed by atoms with Crippen LogP contribution in [0.4, 0.5) is 10.5 Å². The molecule has 2 rings (SSSR count). The summed E-state index contributed by atoms with van der Waals surface area (Å²) in [5.74, 6) is 1.49. The number of hydrogen-bond acceptors (Lipinski definition) is 3. The van der Waals surface area contributed by atoms with Crippen molar-refractivity contribution < 1.29 is 14.3 Å². The number of ether oxygens (including phenoxy) is 2. The Kier molecular flexibility index (Phi) is 6.11. The molecule has 0 radical (unpaired) electrons. The normalized spacial score (nSPS) is 10.0. The van der Waals surface area contributed by atoms with Crippen molar-refractivity contribution in [1.82, 2.24) is 5.32 Å². The number of rotatable bonds is 6. The summed E-state index contributed by atoms with van der Waals surface area (Å²) in [4.78, 5) is 11.8. The fourth-order valence-corrected chi connectivity index (χ4v) is 2.07. The van der Waals surface area contributed by atoms with Crippen LogP contribution >= 0.6 is 11.6 Å². The first kappa shape index (κ1) is 17.0. The SMILES string of the molecule is COc1ccc(OCCNC(=O)Nc2cc(Cl)ccc2C)cc1. The second-order valence-corrected chi connectivity index (χ2v) is 5.30. The largest absolute Gasteiger partial charge is 0.497 e. The minimum absolute atomic E-state index is 0.298. The lowest BCUT2D eigenvalue weighted by molar-refractivity contribution is 0.247. The van der Waals surface area contributed by atoms with Gasteiger partial charge in [-0.1, -0.05) is 17.7 Å². The Labute approximate surface area is 140 Å². The highest BCUT2D eigenvalue weighted by Crippen LogP contribution is 2.20. The van der Waals surface area contributed by atoms with E-state index in [2.05, 4.69) is 10.6 Å². The molecule has 6 heteroatoms. The van der Waals surface area contributed by atoms with Gasteiger partial charge in [0.2, 0.25) is 0 Å². The van der Waals surface area contributed by atoms with Gasteiger partial charge in [-0.05, 0) is 48.9 Å². The van der Waals surface area contributed by atoms with Gasteiger partial charge >= 0.3 is 6.03 Å². The molecule has 0 heterocycles. The van der Waals surface area contributed by atoms with Crippen LogP contribution < -0.4 is 20.1 Å². The maximum Gasteiger partial charge on any atom is 0.319 e. The van der Waals surface area contributed by atoms with Crippen LogP contribution in [0.3, 0.4) is 0 Å². The molecule has 0 unspecified atom stereocenters. The Balaban J connectivity index is 1.73. The van der Waals surface area contributed by atoms with E-state index in [1.807, 2.05) is 37.3 Å². The lowest BCUT2D eigenvalue weighted by Gasteiger charge is -2.11. The first-order chi connectivity index (χ1) is 11.1. The molecule has 0 bridgehead atoms. The minimum atomic E-state index is -0.298. The van der Waals surface area contributed by atoms with Crippen molar-refractivity contribution >= 4 is 23.3 Å². The molecular weight excluding hydrogens is 316 g/mol. The molecule has 0 spiro atoms. The van der Waals surface area contributed by atoms with Gasteiger partial charge in [0.05, 0.1) is 13.7 Å². The maximum atomic E-state index is 11.8. The summed E-state index contributed by atoms with van der Waals surface area (Å²) >= 11 is 5.92. The lowest BCUT2D eigenvalue weighted by Crippen LogP contribution is -2.32. The summed E-state index contributed by atoms with van der Waals surface area (Å²) in [6, 6.07) is 12.3. The van der Waals surface area contributed by atoms with E-state index in [4.69, 9.17) is 21.1 Å². The molecule has 2 aromatic rings. The highest BCUT2D eigenvalue weighted by atomic mass is 35.5. The standard InChI is InChI=1S/C17H19ClN2O3/c1-12-3-4-13(18)11-16(12)20-17(21)19-9-10-23-15-7-5-14(22-2)6-8-15/h3-8,11H,9-10H2,1-2H3,(H2,19,20,21). The summed E-state index contributed by atoms with van der Waals surface area (Å²) in [5, 5.41) is 6.06. The van der Waals surface area contributed by atoms with Crippen molar-refractivity contribution in [3.8, 4) is 11.5 Å². The number of halogens is 1. The predicted octanol–water partition coefficient (Wildman–Crippen LogP) is 3.86. The topological polar surface area (TPSA) is 59.6 Å². The molecule has 0 saturated heterocycles. The fourth-order valence-electron chi connectivity index (χ4n) is 1.90. The van der Waals surface area contributed by atoms with Crippen molar-refractivity contribution in [1.29, 1.82) is 0 Å². The summed E-state index contributed by atoms with van der Waals surface area (Å²) in [7, 11) is 1.61. The van der Waals surface area contributed by atoms with Crippen LogP contribution in [0.25, 0.3) is 0 Å². The van der Waals surface area contributed by atoms with Crippen molar-refractivity contribution in [3.05, 3.63) is 53.1 Å². The van der Waals surface area contributed by atoms with Gasteiger partial charge in [-0.15, -0.1) is 0 Å². The van der Waals surface area contributed by atoms with Crippen molar-refractivity contribution in [2.45, 2.75) is 6.92 Å². The Bertz CT molecular complexity index is 659. The van der Waals surface area contributed by atoms with Crippen LogP contribution in [0, 0.1) is 6.92 Å². The van der Waals surface area contributed by atoms with Gasteiger partial charge in [0.15, 0.2) is 0 Å². The highest BCUT2D eigenvalue weighted by Gasteiger charge is 2.04. The van der Waals surface area contributed by atoms with Crippen LogP contribution in [0.15, 0.2) is 42.5 Å². The number of benzene rings is 2. The van der Waals surface area contributed by atoms with Crippen molar-refractivity contribution in [3.63, 3.8) is 0 Å². The fraction of sp³-hybridized carbons (Fsp3) is 0.235. The third-order valence-corrected chi connectivity index (χ3v) is 3.40. The summed E-state index contributed by atoms with van der Waals surface area (Å²) < 4.78 is 10.6. The first-order valence-electron chi connectivity index (χ1n) is 7.16. The number of nitrogens with one attached hydrogen (secondary N) is 2. The van der Waals surface area contributed by atoms with Crippen molar-refractivity contribution in [2.24, 2.45) is 0 Å².